The zero-order valence-electron chi connectivity index (χ0n) is 19.8. The van der Waals surface area contributed by atoms with Crippen molar-refractivity contribution in [2.24, 2.45) is 5.92 Å². The SMILES string of the molecule is CN1CCCCC(CCN2CCC(C(O)(c3ccc(F)cc3)c3ccc(F)cc3)CC2)OC1=O. The Hall–Kier alpha value is -2.51. The second-order valence-electron chi connectivity index (χ2n) is 9.61. The summed E-state index contributed by atoms with van der Waals surface area (Å²) in [6.07, 6.45) is 4.92. The Morgan fingerprint density at radius 3 is 2.03 bits per heavy atom. The minimum absolute atomic E-state index is 0.0664. The lowest BCUT2D eigenvalue weighted by atomic mass is 9.72. The van der Waals surface area contributed by atoms with Crippen LogP contribution in [0.3, 0.4) is 0 Å². The predicted octanol–water partition coefficient (Wildman–Crippen LogP) is 4.92. The zero-order chi connectivity index (χ0) is 24.1. The Kier molecular flexibility index (Phi) is 7.84. The van der Waals surface area contributed by atoms with Crippen molar-refractivity contribution in [3.05, 3.63) is 71.3 Å². The van der Waals surface area contributed by atoms with E-state index in [4.69, 9.17) is 4.74 Å². The largest absolute Gasteiger partial charge is 0.446 e. The van der Waals surface area contributed by atoms with Gasteiger partial charge >= 0.3 is 6.09 Å². The highest BCUT2D eigenvalue weighted by Gasteiger charge is 2.41. The van der Waals surface area contributed by atoms with Gasteiger partial charge in [-0.25, -0.2) is 13.6 Å². The van der Waals surface area contributed by atoms with Crippen LogP contribution >= 0.6 is 0 Å². The van der Waals surface area contributed by atoms with Crippen molar-refractivity contribution in [3.8, 4) is 0 Å². The molecule has 2 aromatic rings. The molecule has 34 heavy (non-hydrogen) atoms. The molecule has 1 amide bonds. The standard InChI is InChI=1S/C27H34F2N2O3/c1-30-16-3-2-4-25(34-26(30)32)15-19-31-17-13-22(14-18-31)27(33,20-5-9-23(28)10-6-20)21-7-11-24(29)12-8-21/h5-12,22,25,33H,2-4,13-19H2,1H3. The van der Waals surface area contributed by atoms with Crippen molar-refractivity contribution in [2.75, 3.05) is 33.2 Å². The summed E-state index contributed by atoms with van der Waals surface area (Å²) in [5, 5.41) is 12.0. The number of carbonyl (C=O) groups is 1. The smallest absolute Gasteiger partial charge is 0.409 e. The zero-order valence-corrected chi connectivity index (χ0v) is 19.8. The van der Waals surface area contributed by atoms with Crippen LogP contribution < -0.4 is 0 Å². The molecule has 0 aliphatic carbocycles. The molecule has 1 unspecified atom stereocenters. The monoisotopic (exact) mass is 472 g/mol. The molecule has 0 aromatic heterocycles. The van der Waals surface area contributed by atoms with E-state index in [0.717, 1.165) is 64.7 Å². The topological polar surface area (TPSA) is 53.0 Å². The Morgan fingerprint density at radius 1 is 0.912 bits per heavy atom. The Bertz CT molecular complexity index is 898. The molecular formula is C27H34F2N2O3. The summed E-state index contributed by atoms with van der Waals surface area (Å²) in [7, 11) is 1.78. The van der Waals surface area contributed by atoms with Gasteiger partial charge in [0.1, 0.15) is 23.3 Å². The number of piperidine rings is 1. The van der Waals surface area contributed by atoms with Crippen LogP contribution in [0.1, 0.15) is 49.7 Å². The first kappa shape index (κ1) is 24.6. The number of nitrogens with zero attached hydrogens (tertiary/aromatic N) is 2. The van der Waals surface area contributed by atoms with E-state index in [1.807, 2.05) is 0 Å². The lowest BCUT2D eigenvalue weighted by Crippen LogP contribution is -2.45. The summed E-state index contributed by atoms with van der Waals surface area (Å²) in [6.45, 7) is 3.18. The second-order valence-corrected chi connectivity index (χ2v) is 9.61. The van der Waals surface area contributed by atoms with Crippen molar-refractivity contribution in [2.45, 2.75) is 50.2 Å². The van der Waals surface area contributed by atoms with Crippen LogP contribution in [-0.4, -0.2) is 60.3 Å². The van der Waals surface area contributed by atoms with Crippen LogP contribution in [0.15, 0.2) is 48.5 Å². The van der Waals surface area contributed by atoms with Gasteiger partial charge in [-0.15, -0.1) is 0 Å². The summed E-state index contributed by atoms with van der Waals surface area (Å²) < 4.78 is 32.8. The van der Waals surface area contributed by atoms with E-state index in [9.17, 15) is 18.7 Å². The van der Waals surface area contributed by atoms with Gasteiger partial charge in [0.25, 0.3) is 0 Å². The third kappa shape index (κ3) is 5.58. The summed E-state index contributed by atoms with van der Waals surface area (Å²) >= 11 is 0. The van der Waals surface area contributed by atoms with E-state index in [1.165, 1.54) is 24.3 Å². The molecule has 4 rings (SSSR count). The predicted molar refractivity (Wildman–Crippen MR) is 126 cm³/mol. The van der Waals surface area contributed by atoms with E-state index in [1.54, 1.807) is 36.2 Å². The minimum Gasteiger partial charge on any atom is -0.446 e. The molecule has 7 heteroatoms. The van der Waals surface area contributed by atoms with Crippen LogP contribution in [0, 0.1) is 17.6 Å². The maximum atomic E-state index is 13.6. The van der Waals surface area contributed by atoms with Gasteiger partial charge in [-0.2, -0.15) is 0 Å². The highest BCUT2D eigenvalue weighted by Crippen LogP contribution is 2.42. The molecule has 0 saturated carbocycles. The number of cyclic esters (lactones) is 1. The fourth-order valence-corrected chi connectivity index (χ4v) is 5.25. The molecular weight excluding hydrogens is 438 g/mol. The number of hydrogen-bond acceptors (Lipinski definition) is 4. The fraction of sp³-hybridized carbons (Fsp3) is 0.519. The van der Waals surface area contributed by atoms with Crippen LogP contribution in [0.2, 0.25) is 0 Å². The van der Waals surface area contributed by atoms with Crippen LogP contribution in [-0.2, 0) is 10.3 Å². The fourth-order valence-electron chi connectivity index (χ4n) is 5.25. The van der Waals surface area contributed by atoms with Gasteiger partial charge in [-0.1, -0.05) is 24.3 Å². The first-order chi connectivity index (χ1) is 16.4. The third-order valence-electron chi connectivity index (χ3n) is 7.36. The van der Waals surface area contributed by atoms with Crippen molar-refractivity contribution in [1.29, 1.82) is 0 Å². The maximum absolute atomic E-state index is 13.6. The lowest BCUT2D eigenvalue weighted by Gasteiger charge is -2.42. The van der Waals surface area contributed by atoms with E-state index >= 15 is 0 Å². The summed E-state index contributed by atoms with van der Waals surface area (Å²) in [6, 6.07) is 11.9. The number of halogens is 2. The lowest BCUT2D eigenvalue weighted by molar-refractivity contribution is -0.0170. The van der Waals surface area contributed by atoms with Crippen LogP contribution in [0.25, 0.3) is 0 Å². The number of aliphatic hydroxyl groups is 1. The Morgan fingerprint density at radius 2 is 1.47 bits per heavy atom. The van der Waals surface area contributed by atoms with Gasteiger partial charge in [0.15, 0.2) is 0 Å². The van der Waals surface area contributed by atoms with Crippen LogP contribution in [0.4, 0.5) is 13.6 Å². The number of benzene rings is 2. The average molecular weight is 473 g/mol. The first-order valence-electron chi connectivity index (χ1n) is 12.2. The van der Waals surface area contributed by atoms with E-state index < -0.39 is 5.60 Å². The van der Waals surface area contributed by atoms with Gasteiger partial charge in [0.2, 0.25) is 0 Å². The number of amides is 1. The van der Waals surface area contributed by atoms with E-state index in [0.29, 0.717) is 11.1 Å². The maximum Gasteiger partial charge on any atom is 0.409 e. The van der Waals surface area contributed by atoms with Gasteiger partial charge < -0.3 is 19.6 Å². The summed E-state index contributed by atoms with van der Waals surface area (Å²) in [4.78, 5) is 16.1. The minimum atomic E-state index is -1.33. The van der Waals surface area contributed by atoms with Crippen LogP contribution in [0.5, 0.6) is 0 Å². The van der Waals surface area contributed by atoms with E-state index in [2.05, 4.69) is 4.90 Å². The third-order valence-corrected chi connectivity index (χ3v) is 7.36. The molecule has 184 valence electrons. The molecule has 0 bridgehead atoms. The van der Waals surface area contributed by atoms with Crippen molar-refractivity contribution in [1.82, 2.24) is 9.80 Å². The Balaban J connectivity index is 1.41. The van der Waals surface area contributed by atoms with Gasteiger partial charge in [-0.05, 0) is 92.9 Å². The second kappa shape index (κ2) is 10.8. The molecule has 2 heterocycles. The molecule has 2 fully saturated rings. The number of carbonyl (C=O) groups excluding carboxylic acids is 1. The molecule has 2 saturated heterocycles. The first-order valence-corrected chi connectivity index (χ1v) is 12.2. The summed E-state index contributed by atoms with van der Waals surface area (Å²) in [5.74, 6) is -0.810. The molecule has 2 aliphatic heterocycles. The molecule has 2 aliphatic rings. The molecule has 1 atom stereocenters. The number of ether oxygens (including phenoxy) is 1. The molecule has 0 spiro atoms. The Labute approximate surface area is 200 Å². The normalized spacial score (nSPS) is 21.1. The summed E-state index contributed by atoms with van der Waals surface area (Å²) in [5.41, 5.74) is -0.0957. The average Bonchev–Trinajstić information content (AvgIpc) is 2.84. The van der Waals surface area contributed by atoms with Gasteiger partial charge in [0.05, 0.1) is 0 Å². The van der Waals surface area contributed by atoms with Crippen molar-refractivity contribution in [3.63, 3.8) is 0 Å². The van der Waals surface area contributed by atoms with Crippen molar-refractivity contribution >= 4 is 6.09 Å². The van der Waals surface area contributed by atoms with Gasteiger partial charge in [0, 0.05) is 20.1 Å². The molecule has 1 N–H and O–H groups in total. The van der Waals surface area contributed by atoms with Gasteiger partial charge in [-0.3, -0.25) is 0 Å². The highest BCUT2D eigenvalue weighted by atomic mass is 19.1. The number of hydrogen-bond donors (Lipinski definition) is 1. The highest BCUT2D eigenvalue weighted by molar-refractivity contribution is 5.67. The van der Waals surface area contributed by atoms with E-state index in [-0.39, 0.29) is 29.7 Å². The number of likely N-dealkylation sites (tertiary alicyclic amines) is 1. The molecule has 2 aromatic carbocycles. The molecule has 5 nitrogen and oxygen atoms in total. The number of rotatable bonds is 6. The quantitative estimate of drug-likeness (QED) is 0.648. The van der Waals surface area contributed by atoms with Crippen molar-refractivity contribution < 1.29 is 23.4 Å². The molecule has 0 radical (unpaired) electrons.